The molecule has 5 nitrogen and oxygen atoms in total. The van der Waals surface area contributed by atoms with E-state index in [4.69, 9.17) is 0 Å². The SMILES string of the molecule is Oc1cc(Br)c(NC2=NCCN2)cc1O. The Hall–Kier alpha value is -1.43. The molecule has 0 amide bonds. The fraction of sp³-hybridized carbons (Fsp3) is 0.222. The number of rotatable bonds is 1. The van der Waals surface area contributed by atoms with Gasteiger partial charge in [-0.15, -0.1) is 0 Å². The second-order valence-corrected chi connectivity index (χ2v) is 3.96. The molecular formula is C9H10BrN3O2. The monoisotopic (exact) mass is 271 g/mol. The minimum Gasteiger partial charge on any atom is -0.504 e. The largest absolute Gasteiger partial charge is 0.504 e. The van der Waals surface area contributed by atoms with E-state index >= 15 is 0 Å². The first-order chi connectivity index (χ1) is 7.16. The molecule has 1 heterocycles. The summed E-state index contributed by atoms with van der Waals surface area (Å²) >= 11 is 3.27. The van der Waals surface area contributed by atoms with Crippen molar-refractivity contribution in [1.82, 2.24) is 5.32 Å². The van der Waals surface area contributed by atoms with Gasteiger partial charge in [0.1, 0.15) is 0 Å². The van der Waals surface area contributed by atoms with Crippen LogP contribution in [0.2, 0.25) is 0 Å². The lowest BCUT2D eigenvalue weighted by molar-refractivity contribution is 0.403. The van der Waals surface area contributed by atoms with E-state index in [1.165, 1.54) is 12.1 Å². The molecule has 15 heavy (non-hydrogen) atoms. The van der Waals surface area contributed by atoms with Crippen molar-refractivity contribution < 1.29 is 10.2 Å². The molecule has 1 aliphatic rings. The molecule has 1 aromatic rings. The maximum absolute atomic E-state index is 9.33. The second kappa shape index (κ2) is 3.98. The number of phenolic OH excluding ortho intramolecular Hbond substituents is 2. The Morgan fingerprint density at radius 3 is 2.73 bits per heavy atom. The summed E-state index contributed by atoms with van der Waals surface area (Å²) in [5.74, 6) is 0.342. The fourth-order valence-electron chi connectivity index (χ4n) is 1.26. The predicted molar refractivity (Wildman–Crippen MR) is 61.4 cm³/mol. The second-order valence-electron chi connectivity index (χ2n) is 3.10. The Morgan fingerprint density at radius 2 is 2.07 bits per heavy atom. The quantitative estimate of drug-likeness (QED) is 0.458. The summed E-state index contributed by atoms with van der Waals surface area (Å²) in [6.07, 6.45) is 0. The van der Waals surface area contributed by atoms with Gasteiger partial charge in [-0.05, 0) is 15.9 Å². The Morgan fingerprint density at radius 1 is 1.33 bits per heavy atom. The standard InChI is InChI=1S/C9H10BrN3O2/c10-5-3-7(14)8(15)4-6(5)13-9-11-1-2-12-9/h3-4,14-15H,1-2H2,(H2,11,12,13). The van der Waals surface area contributed by atoms with Crippen LogP contribution in [0, 0.1) is 0 Å². The molecule has 1 aromatic carbocycles. The van der Waals surface area contributed by atoms with Crippen LogP contribution >= 0.6 is 15.9 Å². The molecule has 2 rings (SSSR count). The molecule has 0 aliphatic carbocycles. The first-order valence-electron chi connectivity index (χ1n) is 4.43. The maximum Gasteiger partial charge on any atom is 0.195 e. The van der Waals surface area contributed by atoms with Gasteiger partial charge in [0.05, 0.1) is 12.2 Å². The fourth-order valence-corrected chi connectivity index (χ4v) is 1.69. The van der Waals surface area contributed by atoms with Gasteiger partial charge in [0.2, 0.25) is 0 Å². The highest BCUT2D eigenvalue weighted by molar-refractivity contribution is 9.10. The van der Waals surface area contributed by atoms with Crippen LogP contribution in [0.25, 0.3) is 0 Å². The van der Waals surface area contributed by atoms with Gasteiger partial charge >= 0.3 is 0 Å². The Kier molecular flexibility index (Phi) is 2.68. The van der Waals surface area contributed by atoms with Crippen LogP contribution in [0.3, 0.4) is 0 Å². The summed E-state index contributed by atoms with van der Waals surface area (Å²) in [4.78, 5) is 4.15. The van der Waals surface area contributed by atoms with E-state index < -0.39 is 0 Å². The lowest BCUT2D eigenvalue weighted by Crippen LogP contribution is -2.26. The van der Waals surface area contributed by atoms with Gasteiger partial charge < -0.3 is 20.8 Å². The Balaban J connectivity index is 2.24. The van der Waals surface area contributed by atoms with Crippen LogP contribution in [-0.4, -0.2) is 29.3 Å². The number of nitrogens with zero attached hydrogens (tertiary/aromatic N) is 1. The van der Waals surface area contributed by atoms with Crippen LogP contribution < -0.4 is 10.6 Å². The van der Waals surface area contributed by atoms with Gasteiger partial charge in [-0.25, -0.2) is 0 Å². The number of hydrogen-bond acceptors (Lipinski definition) is 5. The van der Waals surface area contributed by atoms with Gasteiger partial charge in [-0.3, -0.25) is 4.99 Å². The van der Waals surface area contributed by atoms with Crippen molar-refractivity contribution in [2.45, 2.75) is 0 Å². The van der Waals surface area contributed by atoms with E-state index in [-0.39, 0.29) is 11.5 Å². The van der Waals surface area contributed by atoms with Crippen LogP contribution in [-0.2, 0) is 0 Å². The van der Waals surface area contributed by atoms with Crippen molar-refractivity contribution in [2.75, 3.05) is 18.4 Å². The van der Waals surface area contributed by atoms with E-state index in [1.54, 1.807) is 0 Å². The molecular weight excluding hydrogens is 262 g/mol. The number of halogens is 1. The molecule has 0 saturated carbocycles. The molecule has 80 valence electrons. The number of anilines is 1. The smallest absolute Gasteiger partial charge is 0.195 e. The van der Waals surface area contributed by atoms with Crippen molar-refractivity contribution in [3.8, 4) is 11.5 Å². The zero-order valence-corrected chi connectivity index (χ0v) is 9.37. The number of hydrogen-bond donors (Lipinski definition) is 4. The number of nitrogens with one attached hydrogen (secondary N) is 2. The summed E-state index contributed by atoms with van der Waals surface area (Å²) in [6.45, 7) is 1.55. The van der Waals surface area contributed by atoms with Gasteiger partial charge in [-0.1, -0.05) is 0 Å². The van der Waals surface area contributed by atoms with E-state index in [0.717, 1.165) is 13.1 Å². The first-order valence-corrected chi connectivity index (χ1v) is 5.23. The van der Waals surface area contributed by atoms with Crippen molar-refractivity contribution in [2.24, 2.45) is 4.99 Å². The van der Waals surface area contributed by atoms with E-state index in [1.807, 2.05) is 0 Å². The minimum atomic E-state index is -0.167. The zero-order chi connectivity index (χ0) is 10.8. The summed E-state index contributed by atoms with van der Waals surface area (Å²) in [7, 11) is 0. The molecule has 4 N–H and O–H groups in total. The molecule has 0 aromatic heterocycles. The molecule has 0 fully saturated rings. The molecule has 1 aliphatic heterocycles. The molecule has 0 spiro atoms. The van der Waals surface area contributed by atoms with E-state index in [2.05, 4.69) is 31.6 Å². The van der Waals surface area contributed by atoms with Crippen molar-refractivity contribution in [1.29, 1.82) is 0 Å². The average molecular weight is 272 g/mol. The highest BCUT2D eigenvalue weighted by atomic mass is 79.9. The highest BCUT2D eigenvalue weighted by Crippen LogP contribution is 2.34. The van der Waals surface area contributed by atoms with Gasteiger partial charge in [-0.2, -0.15) is 0 Å². The summed E-state index contributed by atoms with van der Waals surface area (Å²) < 4.78 is 0.661. The number of guanidine groups is 1. The van der Waals surface area contributed by atoms with E-state index in [0.29, 0.717) is 16.1 Å². The molecule has 6 heteroatoms. The van der Waals surface area contributed by atoms with Crippen LogP contribution in [0.1, 0.15) is 0 Å². The molecule has 0 unspecified atom stereocenters. The third-order valence-corrected chi connectivity index (χ3v) is 2.65. The summed E-state index contributed by atoms with van der Waals surface area (Å²) in [6, 6.07) is 2.86. The van der Waals surface area contributed by atoms with Crippen molar-refractivity contribution in [3.05, 3.63) is 16.6 Å². The number of aromatic hydroxyl groups is 2. The average Bonchev–Trinajstić information content (AvgIpc) is 2.67. The van der Waals surface area contributed by atoms with Crippen LogP contribution in [0.15, 0.2) is 21.6 Å². The third kappa shape index (κ3) is 2.15. The minimum absolute atomic E-state index is 0.159. The Labute approximate surface area is 95.0 Å². The third-order valence-electron chi connectivity index (χ3n) is 1.99. The van der Waals surface area contributed by atoms with Gasteiger partial charge in [0.15, 0.2) is 17.5 Å². The van der Waals surface area contributed by atoms with Gasteiger partial charge in [0.25, 0.3) is 0 Å². The topological polar surface area (TPSA) is 76.9 Å². The van der Waals surface area contributed by atoms with Crippen LogP contribution in [0.5, 0.6) is 11.5 Å². The lowest BCUT2D eigenvalue weighted by atomic mass is 10.3. The molecule has 0 bridgehead atoms. The zero-order valence-electron chi connectivity index (χ0n) is 7.79. The summed E-state index contributed by atoms with van der Waals surface area (Å²) in [5, 5.41) is 24.6. The maximum atomic E-state index is 9.33. The summed E-state index contributed by atoms with van der Waals surface area (Å²) in [5.41, 5.74) is 0.651. The van der Waals surface area contributed by atoms with E-state index in [9.17, 15) is 10.2 Å². The van der Waals surface area contributed by atoms with Crippen LogP contribution in [0.4, 0.5) is 5.69 Å². The molecule has 0 saturated heterocycles. The number of aliphatic imine (C=N–C) groups is 1. The van der Waals surface area contributed by atoms with Gasteiger partial charge in [0, 0.05) is 23.2 Å². The van der Waals surface area contributed by atoms with Crippen molar-refractivity contribution >= 4 is 27.6 Å². The Bertz CT molecular complexity index is 420. The lowest BCUT2D eigenvalue weighted by Gasteiger charge is -2.09. The first kappa shape index (κ1) is 10.1. The number of benzene rings is 1. The molecule has 0 radical (unpaired) electrons. The predicted octanol–water partition coefficient (Wildman–Crippen LogP) is 1.23. The normalized spacial score (nSPS) is 14.6. The van der Waals surface area contributed by atoms with Crippen molar-refractivity contribution in [3.63, 3.8) is 0 Å². The number of phenols is 2. The molecule has 0 atom stereocenters. The highest BCUT2D eigenvalue weighted by Gasteiger charge is 2.10.